The van der Waals surface area contributed by atoms with E-state index in [4.69, 9.17) is 0 Å². The van der Waals surface area contributed by atoms with Crippen LogP contribution in [-0.4, -0.2) is 19.0 Å². The Morgan fingerprint density at radius 2 is 2.05 bits per heavy atom. The van der Waals surface area contributed by atoms with Gasteiger partial charge in [0.25, 0.3) is 5.91 Å². The van der Waals surface area contributed by atoms with Crippen LogP contribution in [-0.2, 0) is 0 Å². The van der Waals surface area contributed by atoms with E-state index < -0.39 is 5.82 Å². The molecule has 0 bridgehead atoms. The van der Waals surface area contributed by atoms with Crippen LogP contribution in [0.3, 0.4) is 0 Å². The number of aryl methyl sites for hydroxylation is 1. The predicted octanol–water partition coefficient (Wildman–Crippen LogP) is 3.60. The number of fused-ring (bicyclic) bond motifs is 1. The summed E-state index contributed by atoms with van der Waals surface area (Å²) in [6, 6.07) is 12.3. The highest BCUT2D eigenvalue weighted by Gasteiger charge is 2.24. The Balaban J connectivity index is 2.03. The standard InChI is InChI=1S/C17H17FN2O/c1-12-7-8-14(18)13(11-12)17(21)20-10-4-9-19-15-5-2-3-6-16(15)20/h2-3,5-8,11,19H,4,9-10H2,1H3. The van der Waals surface area contributed by atoms with E-state index in [1.54, 1.807) is 17.0 Å². The molecular formula is C17H17FN2O. The number of rotatable bonds is 1. The second-order valence-corrected chi connectivity index (χ2v) is 5.24. The number of carbonyl (C=O) groups excluding carboxylic acids is 1. The lowest BCUT2D eigenvalue weighted by Crippen LogP contribution is -2.32. The first-order valence-corrected chi connectivity index (χ1v) is 7.08. The van der Waals surface area contributed by atoms with Gasteiger partial charge in [-0.2, -0.15) is 0 Å². The molecule has 1 aliphatic rings. The third kappa shape index (κ3) is 2.61. The smallest absolute Gasteiger partial charge is 0.261 e. The lowest BCUT2D eigenvalue weighted by atomic mass is 10.1. The zero-order chi connectivity index (χ0) is 14.8. The van der Waals surface area contributed by atoms with Gasteiger partial charge in [0.15, 0.2) is 0 Å². The van der Waals surface area contributed by atoms with Crippen LogP contribution < -0.4 is 10.2 Å². The third-order valence-electron chi connectivity index (χ3n) is 3.67. The second kappa shape index (κ2) is 5.56. The predicted molar refractivity (Wildman–Crippen MR) is 82.4 cm³/mol. The van der Waals surface area contributed by atoms with Crippen molar-refractivity contribution in [1.82, 2.24) is 0 Å². The van der Waals surface area contributed by atoms with Gasteiger partial charge in [-0.05, 0) is 37.6 Å². The van der Waals surface area contributed by atoms with Crippen LogP contribution in [0, 0.1) is 12.7 Å². The summed E-state index contributed by atoms with van der Waals surface area (Å²) in [6.07, 6.45) is 0.827. The van der Waals surface area contributed by atoms with E-state index in [9.17, 15) is 9.18 Å². The zero-order valence-electron chi connectivity index (χ0n) is 11.9. The monoisotopic (exact) mass is 284 g/mol. The number of hydrogen-bond donors (Lipinski definition) is 1. The van der Waals surface area contributed by atoms with Crippen molar-refractivity contribution in [3.63, 3.8) is 0 Å². The van der Waals surface area contributed by atoms with Crippen molar-refractivity contribution in [2.24, 2.45) is 0 Å². The fraction of sp³-hybridized carbons (Fsp3) is 0.235. The molecule has 108 valence electrons. The van der Waals surface area contributed by atoms with E-state index in [2.05, 4.69) is 5.32 Å². The molecule has 0 atom stereocenters. The molecule has 21 heavy (non-hydrogen) atoms. The van der Waals surface area contributed by atoms with Gasteiger partial charge in [0.2, 0.25) is 0 Å². The Morgan fingerprint density at radius 1 is 1.24 bits per heavy atom. The highest BCUT2D eigenvalue weighted by atomic mass is 19.1. The maximum absolute atomic E-state index is 14.0. The van der Waals surface area contributed by atoms with Gasteiger partial charge in [-0.15, -0.1) is 0 Å². The van der Waals surface area contributed by atoms with Gasteiger partial charge in [-0.25, -0.2) is 4.39 Å². The summed E-state index contributed by atoms with van der Waals surface area (Å²) in [7, 11) is 0. The Bertz CT molecular complexity index is 684. The van der Waals surface area contributed by atoms with Crippen molar-refractivity contribution in [3.8, 4) is 0 Å². The molecule has 0 unspecified atom stereocenters. The first-order valence-electron chi connectivity index (χ1n) is 7.08. The molecule has 0 spiro atoms. The minimum atomic E-state index is -0.472. The Morgan fingerprint density at radius 3 is 2.90 bits per heavy atom. The summed E-state index contributed by atoms with van der Waals surface area (Å²) in [5.74, 6) is -0.757. The van der Waals surface area contributed by atoms with Crippen molar-refractivity contribution < 1.29 is 9.18 Å². The Hall–Kier alpha value is -2.36. The van der Waals surface area contributed by atoms with E-state index in [1.807, 2.05) is 31.2 Å². The minimum Gasteiger partial charge on any atom is -0.383 e. The summed E-state index contributed by atoms with van der Waals surface area (Å²) < 4.78 is 14.0. The molecule has 1 amide bonds. The largest absolute Gasteiger partial charge is 0.383 e. The molecule has 2 aromatic carbocycles. The maximum atomic E-state index is 14.0. The normalized spacial score (nSPS) is 14.1. The average Bonchev–Trinajstić information content (AvgIpc) is 2.71. The van der Waals surface area contributed by atoms with Crippen molar-refractivity contribution >= 4 is 17.3 Å². The number of para-hydroxylation sites is 2. The van der Waals surface area contributed by atoms with Gasteiger partial charge in [0, 0.05) is 13.1 Å². The molecule has 2 aromatic rings. The molecular weight excluding hydrogens is 267 g/mol. The van der Waals surface area contributed by atoms with Gasteiger partial charge in [-0.1, -0.05) is 23.8 Å². The van der Waals surface area contributed by atoms with Gasteiger partial charge in [-0.3, -0.25) is 4.79 Å². The summed E-state index contributed by atoms with van der Waals surface area (Å²) >= 11 is 0. The molecule has 3 rings (SSSR count). The number of amides is 1. The zero-order valence-corrected chi connectivity index (χ0v) is 11.9. The molecule has 0 radical (unpaired) electrons. The minimum absolute atomic E-state index is 0.131. The van der Waals surface area contributed by atoms with Gasteiger partial charge in [0.05, 0.1) is 16.9 Å². The summed E-state index contributed by atoms with van der Waals surface area (Å²) in [5, 5.41) is 3.30. The van der Waals surface area contributed by atoms with Crippen LogP contribution in [0.1, 0.15) is 22.3 Å². The number of anilines is 2. The van der Waals surface area contributed by atoms with Crippen LogP contribution in [0.2, 0.25) is 0 Å². The molecule has 0 saturated carbocycles. The number of halogens is 1. The van der Waals surface area contributed by atoms with E-state index in [0.717, 1.165) is 29.9 Å². The Labute approximate surface area is 123 Å². The summed E-state index contributed by atoms with van der Waals surface area (Å²) in [5.41, 5.74) is 2.73. The molecule has 4 heteroatoms. The highest BCUT2D eigenvalue weighted by Crippen LogP contribution is 2.29. The van der Waals surface area contributed by atoms with Crippen LogP contribution in [0.15, 0.2) is 42.5 Å². The van der Waals surface area contributed by atoms with Crippen LogP contribution >= 0.6 is 0 Å². The quantitative estimate of drug-likeness (QED) is 0.868. The van der Waals surface area contributed by atoms with E-state index >= 15 is 0 Å². The highest BCUT2D eigenvalue weighted by molar-refractivity contribution is 6.08. The number of carbonyl (C=O) groups is 1. The molecule has 0 aromatic heterocycles. The van der Waals surface area contributed by atoms with Gasteiger partial charge < -0.3 is 10.2 Å². The van der Waals surface area contributed by atoms with Crippen molar-refractivity contribution in [2.45, 2.75) is 13.3 Å². The fourth-order valence-corrected chi connectivity index (χ4v) is 2.60. The number of nitrogens with zero attached hydrogens (tertiary/aromatic N) is 1. The van der Waals surface area contributed by atoms with Gasteiger partial charge in [0.1, 0.15) is 5.82 Å². The fourth-order valence-electron chi connectivity index (χ4n) is 2.60. The topological polar surface area (TPSA) is 32.3 Å². The van der Waals surface area contributed by atoms with E-state index in [0.29, 0.717) is 6.54 Å². The SMILES string of the molecule is Cc1ccc(F)c(C(=O)N2CCCNc3ccccc32)c1. The maximum Gasteiger partial charge on any atom is 0.261 e. The van der Waals surface area contributed by atoms with Gasteiger partial charge >= 0.3 is 0 Å². The molecule has 1 N–H and O–H groups in total. The number of nitrogens with one attached hydrogen (secondary N) is 1. The molecule has 0 saturated heterocycles. The van der Waals surface area contributed by atoms with Crippen molar-refractivity contribution in [2.75, 3.05) is 23.3 Å². The molecule has 1 heterocycles. The molecule has 0 aliphatic carbocycles. The molecule has 3 nitrogen and oxygen atoms in total. The number of hydrogen-bond acceptors (Lipinski definition) is 2. The average molecular weight is 284 g/mol. The number of benzene rings is 2. The van der Waals surface area contributed by atoms with E-state index in [-0.39, 0.29) is 11.5 Å². The van der Waals surface area contributed by atoms with E-state index in [1.165, 1.54) is 6.07 Å². The lowest BCUT2D eigenvalue weighted by molar-refractivity contribution is 0.0983. The lowest BCUT2D eigenvalue weighted by Gasteiger charge is -2.22. The molecule has 1 aliphatic heterocycles. The van der Waals surface area contributed by atoms with Crippen LogP contribution in [0.4, 0.5) is 15.8 Å². The first kappa shape index (κ1) is 13.6. The summed E-state index contributed by atoms with van der Waals surface area (Å²) in [4.78, 5) is 14.4. The van der Waals surface area contributed by atoms with Crippen molar-refractivity contribution in [1.29, 1.82) is 0 Å². The van der Waals surface area contributed by atoms with Crippen LogP contribution in [0.25, 0.3) is 0 Å². The second-order valence-electron chi connectivity index (χ2n) is 5.24. The van der Waals surface area contributed by atoms with Crippen molar-refractivity contribution in [3.05, 3.63) is 59.4 Å². The Kier molecular flexibility index (Phi) is 3.60. The summed E-state index contributed by atoms with van der Waals surface area (Å²) in [6.45, 7) is 3.24. The molecule has 0 fully saturated rings. The first-order chi connectivity index (χ1) is 10.2. The van der Waals surface area contributed by atoms with Crippen LogP contribution in [0.5, 0.6) is 0 Å². The third-order valence-corrected chi connectivity index (χ3v) is 3.67.